The van der Waals surface area contributed by atoms with E-state index in [1.807, 2.05) is 31.2 Å². The fourth-order valence-corrected chi connectivity index (χ4v) is 4.63. The van der Waals surface area contributed by atoms with E-state index in [9.17, 15) is 4.79 Å². The zero-order valence-corrected chi connectivity index (χ0v) is 17.5. The number of fused-ring (bicyclic) bond motifs is 1. The molecule has 0 saturated carbocycles. The van der Waals surface area contributed by atoms with E-state index >= 15 is 0 Å². The second-order valence-corrected chi connectivity index (χ2v) is 7.98. The van der Waals surface area contributed by atoms with Crippen LogP contribution in [-0.2, 0) is 13.0 Å². The Morgan fingerprint density at radius 1 is 1.14 bits per heavy atom. The highest BCUT2D eigenvalue weighted by Gasteiger charge is 2.26. The monoisotopic (exact) mass is 406 g/mol. The first-order valence-electron chi connectivity index (χ1n) is 10.1. The van der Waals surface area contributed by atoms with Crippen molar-refractivity contribution in [2.24, 2.45) is 0 Å². The van der Waals surface area contributed by atoms with E-state index in [0.29, 0.717) is 24.5 Å². The Bertz CT molecular complexity index is 955. The number of rotatable bonds is 7. The number of para-hydroxylation sites is 1. The Kier molecular flexibility index (Phi) is 6.27. The van der Waals surface area contributed by atoms with E-state index in [4.69, 9.17) is 4.74 Å². The number of hydrogen-bond donors (Lipinski definition) is 1. The van der Waals surface area contributed by atoms with Gasteiger partial charge >= 0.3 is 0 Å². The number of ether oxygens (including phenoxy) is 1. The standard InChI is InChI=1S/C24H26N2O2S/c1-2-28-23-10-6-5-9-21(23)24(27)25-15-22(20-12-14-29-17-20)26-13-11-18-7-3-4-8-19(18)16-26/h3-10,12,14,17,22H,2,11,13,15-16H2,1H3,(H,25,27). The van der Waals surface area contributed by atoms with Crippen molar-refractivity contribution < 1.29 is 9.53 Å². The van der Waals surface area contributed by atoms with E-state index in [1.54, 1.807) is 11.3 Å². The summed E-state index contributed by atoms with van der Waals surface area (Å²) in [5, 5.41) is 7.44. The third-order valence-corrected chi connectivity index (χ3v) is 6.12. The molecule has 0 fully saturated rings. The first-order chi connectivity index (χ1) is 14.3. The summed E-state index contributed by atoms with van der Waals surface area (Å²) in [6.07, 6.45) is 1.04. The van der Waals surface area contributed by atoms with Crippen LogP contribution in [0.15, 0.2) is 65.4 Å². The second-order valence-electron chi connectivity index (χ2n) is 7.20. The van der Waals surface area contributed by atoms with Gasteiger partial charge in [0.1, 0.15) is 5.75 Å². The molecule has 0 spiro atoms. The molecule has 2 aromatic carbocycles. The van der Waals surface area contributed by atoms with Crippen molar-refractivity contribution in [3.05, 3.63) is 87.6 Å². The molecule has 0 aliphatic carbocycles. The molecule has 1 N–H and O–H groups in total. The molecular weight excluding hydrogens is 380 g/mol. The Morgan fingerprint density at radius 2 is 1.93 bits per heavy atom. The summed E-state index contributed by atoms with van der Waals surface area (Å²) in [5.74, 6) is 0.540. The largest absolute Gasteiger partial charge is 0.493 e. The van der Waals surface area contributed by atoms with Crippen molar-refractivity contribution in [3.63, 3.8) is 0 Å². The first-order valence-corrected chi connectivity index (χ1v) is 11.0. The zero-order chi connectivity index (χ0) is 20.1. The molecule has 5 heteroatoms. The quantitative estimate of drug-likeness (QED) is 0.620. The molecule has 3 aromatic rings. The zero-order valence-electron chi connectivity index (χ0n) is 16.6. The number of nitrogens with zero attached hydrogens (tertiary/aromatic N) is 1. The molecule has 0 bridgehead atoms. The molecule has 1 aliphatic rings. The molecule has 150 valence electrons. The predicted octanol–water partition coefficient (Wildman–Crippen LogP) is 4.68. The van der Waals surface area contributed by atoms with Crippen LogP contribution >= 0.6 is 11.3 Å². The summed E-state index contributed by atoms with van der Waals surface area (Å²) in [7, 11) is 0. The molecule has 1 unspecified atom stereocenters. The third-order valence-electron chi connectivity index (χ3n) is 5.42. The number of carbonyl (C=O) groups is 1. The minimum absolute atomic E-state index is 0.0910. The summed E-state index contributed by atoms with van der Waals surface area (Å²) in [6.45, 7) is 4.92. The van der Waals surface area contributed by atoms with Crippen molar-refractivity contribution in [2.75, 3.05) is 19.7 Å². The van der Waals surface area contributed by atoms with Crippen molar-refractivity contribution in [3.8, 4) is 5.75 Å². The number of thiophene rings is 1. The van der Waals surface area contributed by atoms with Gasteiger partial charge in [0.15, 0.2) is 0 Å². The van der Waals surface area contributed by atoms with Crippen LogP contribution in [0.4, 0.5) is 0 Å². The molecule has 0 saturated heterocycles. The fraction of sp³-hybridized carbons (Fsp3) is 0.292. The van der Waals surface area contributed by atoms with Crippen LogP contribution in [0.1, 0.15) is 40.0 Å². The van der Waals surface area contributed by atoms with E-state index in [2.05, 4.69) is 51.3 Å². The molecule has 4 nitrogen and oxygen atoms in total. The van der Waals surface area contributed by atoms with E-state index in [-0.39, 0.29) is 11.9 Å². The highest BCUT2D eigenvalue weighted by Crippen LogP contribution is 2.29. The molecule has 29 heavy (non-hydrogen) atoms. The Morgan fingerprint density at radius 3 is 2.72 bits per heavy atom. The van der Waals surface area contributed by atoms with Gasteiger partial charge in [-0.3, -0.25) is 9.69 Å². The van der Waals surface area contributed by atoms with Gasteiger partial charge < -0.3 is 10.1 Å². The minimum Gasteiger partial charge on any atom is -0.493 e. The molecule has 4 rings (SSSR count). The summed E-state index contributed by atoms with van der Waals surface area (Å²) in [5.41, 5.74) is 4.66. The maximum absolute atomic E-state index is 12.9. The van der Waals surface area contributed by atoms with E-state index in [0.717, 1.165) is 19.5 Å². The maximum atomic E-state index is 12.9. The van der Waals surface area contributed by atoms with Crippen LogP contribution < -0.4 is 10.1 Å². The lowest BCUT2D eigenvalue weighted by atomic mass is 9.97. The number of benzene rings is 2. The molecule has 1 atom stereocenters. The average Bonchev–Trinajstić information content (AvgIpc) is 3.29. The normalized spacial score (nSPS) is 14.8. The van der Waals surface area contributed by atoms with Gasteiger partial charge in [-0.15, -0.1) is 0 Å². The van der Waals surface area contributed by atoms with Crippen LogP contribution in [0.25, 0.3) is 0 Å². The SMILES string of the molecule is CCOc1ccccc1C(=O)NCC(c1ccsc1)N1CCc2ccccc2C1. The van der Waals surface area contributed by atoms with Gasteiger partial charge in [-0.1, -0.05) is 36.4 Å². The molecule has 2 heterocycles. The lowest BCUT2D eigenvalue weighted by Crippen LogP contribution is -2.40. The lowest BCUT2D eigenvalue weighted by molar-refractivity contribution is 0.0924. The molecule has 0 radical (unpaired) electrons. The smallest absolute Gasteiger partial charge is 0.255 e. The van der Waals surface area contributed by atoms with Gasteiger partial charge in [-0.05, 0) is 59.0 Å². The van der Waals surface area contributed by atoms with Crippen LogP contribution in [0, 0.1) is 0 Å². The van der Waals surface area contributed by atoms with Gasteiger partial charge in [-0.25, -0.2) is 0 Å². The summed E-state index contributed by atoms with van der Waals surface area (Å²) in [6, 6.07) is 18.4. The highest BCUT2D eigenvalue weighted by atomic mass is 32.1. The Hall–Kier alpha value is -2.63. The number of nitrogens with one attached hydrogen (secondary N) is 1. The maximum Gasteiger partial charge on any atom is 0.255 e. The van der Waals surface area contributed by atoms with E-state index < -0.39 is 0 Å². The van der Waals surface area contributed by atoms with Crippen molar-refractivity contribution >= 4 is 17.2 Å². The van der Waals surface area contributed by atoms with Crippen molar-refractivity contribution in [2.45, 2.75) is 25.9 Å². The van der Waals surface area contributed by atoms with Crippen LogP contribution in [0.2, 0.25) is 0 Å². The number of carbonyl (C=O) groups excluding carboxylic acids is 1. The molecule has 1 amide bonds. The van der Waals surface area contributed by atoms with Crippen LogP contribution in [0.3, 0.4) is 0 Å². The Labute approximate surface area is 176 Å². The average molecular weight is 407 g/mol. The summed E-state index contributed by atoms with van der Waals surface area (Å²) in [4.78, 5) is 15.4. The van der Waals surface area contributed by atoms with Gasteiger partial charge in [0.2, 0.25) is 0 Å². The first kappa shape index (κ1) is 19.7. The summed E-state index contributed by atoms with van der Waals surface area (Å²) >= 11 is 1.70. The number of amides is 1. The fourth-order valence-electron chi connectivity index (χ4n) is 3.93. The lowest BCUT2D eigenvalue weighted by Gasteiger charge is -2.35. The van der Waals surface area contributed by atoms with Crippen LogP contribution in [-0.4, -0.2) is 30.5 Å². The van der Waals surface area contributed by atoms with Crippen LogP contribution in [0.5, 0.6) is 5.75 Å². The molecular formula is C24H26N2O2S. The van der Waals surface area contributed by atoms with Crippen molar-refractivity contribution in [1.82, 2.24) is 10.2 Å². The second kappa shape index (κ2) is 9.25. The molecule has 1 aromatic heterocycles. The van der Waals surface area contributed by atoms with Gasteiger partial charge in [-0.2, -0.15) is 11.3 Å². The molecule has 1 aliphatic heterocycles. The van der Waals surface area contributed by atoms with Crippen molar-refractivity contribution in [1.29, 1.82) is 0 Å². The van der Waals surface area contributed by atoms with E-state index in [1.165, 1.54) is 16.7 Å². The summed E-state index contributed by atoms with van der Waals surface area (Å²) < 4.78 is 5.62. The topological polar surface area (TPSA) is 41.6 Å². The third kappa shape index (κ3) is 4.52. The van der Waals surface area contributed by atoms with Gasteiger partial charge in [0.25, 0.3) is 5.91 Å². The predicted molar refractivity (Wildman–Crippen MR) is 118 cm³/mol. The number of hydrogen-bond acceptors (Lipinski definition) is 4. The minimum atomic E-state index is -0.0910. The Balaban J connectivity index is 1.50. The van der Waals surface area contributed by atoms with Gasteiger partial charge in [0, 0.05) is 19.6 Å². The highest BCUT2D eigenvalue weighted by molar-refractivity contribution is 7.08. The van der Waals surface area contributed by atoms with Gasteiger partial charge in [0.05, 0.1) is 18.2 Å².